The molecular weight excluding hydrogens is 474 g/mol. The van der Waals surface area contributed by atoms with Crippen molar-refractivity contribution in [1.82, 2.24) is 0 Å². The van der Waals surface area contributed by atoms with E-state index in [4.69, 9.17) is 9.84 Å². The van der Waals surface area contributed by atoms with Crippen LogP contribution in [0.2, 0.25) is 0 Å². The van der Waals surface area contributed by atoms with Crippen LogP contribution in [0.4, 0.5) is 5.69 Å². The molecule has 0 aliphatic rings. The summed E-state index contributed by atoms with van der Waals surface area (Å²) in [5.41, 5.74) is 1.20. The summed E-state index contributed by atoms with van der Waals surface area (Å²) >= 11 is 0. The predicted molar refractivity (Wildman–Crippen MR) is 147 cm³/mol. The van der Waals surface area contributed by atoms with Crippen molar-refractivity contribution < 1.29 is 35.1 Å². The first kappa shape index (κ1) is 33.3. The SMILES string of the molecule is CCCCCCCCCCCCCCCCNc1ccc(C(=O)OCC(O)C(O)C(O)C(O)CO)cc1. The lowest BCUT2D eigenvalue weighted by molar-refractivity contribution is -0.124. The van der Waals surface area contributed by atoms with Crippen molar-refractivity contribution in [2.24, 2.45) is 0 Å². The highest BCUT2D eigenvalue weighted by atomic mass is 16.5. The number of nitrogens with one attached hydrogen (secondary N) is 1. The molecule has 0 heterocycles. The van der Waals surface area contributed by atoms with E-state index >= 15 is 0 Å². The number of esters is 1. The van der Waals surface area contributed by atoms with Crippen LogP contribution in [0.3, 0.4) is 0 Å². The molecule has 214 valence electrons. The number of rotatable bonds is 23. The molecule has 0 aromatic heterocycles. The van der Waals surface area contributed by atoms with Crippen LogP contribution >= 0.6 is 0 Å². The van der Waals surface area contributed by atoms with Gasteiger partial charge in [0.2, 0.25) is 0 Å². The molecule has 8 nitrogen and oxygen atoms in total. The average Bonchev–Trinajstić information content (AvgIpc) is 2.92. The molecule has 0 saturated heterocycles. The van der Waals surface area contributed by atoms with E-state index in [1.165, 1.54) is 83.5 Å². The maximum atomic E-state index is 12.2. The minimum Gasteiger partial charge on any atom is -0.459 e. The molecule has 6 N–H and O–H groups in total. The fraction of sp³-hybridized carbons (Fsp3) is 0.759. The summed E-state index contributed by atoms with van der Waals surface area (Å²) in [7, 11) is 0. The van der Waals surface area contributed by atoms with E-state index in [1.54, 1.807) is 24.3 Å². The van der Waals surface area contributed by atoms with Crippen molar-refractivity contribution >= 4 is 11.7 Å². The minimum absolute atomic E-state index is 0.291. The first-order chi connectivity index (χ1) is 17.9. The summed E-state index contributed by atoms with van der Waals surface area (Å²) in [6, 6.07) is 6.80. The number of ether oxygens (including phenoxy) is 1. The number of carbonyl (C=O) groups excluding carboxylic acids is 1. The molecule has 0 aliphatic heterocycles. The fourth-order valence-corrected chi connectivity index (χ4v) is 4.18. The van der Waals surface area contributed by atoms with Crippen LogP contribution in [0, 0.1) is 0 Å². The van der Waals surface area contributed by atoms with Crippen molar-refractivity contribution in [3.05, 3.63) is 29.8 Å². The van der Waals surface area contributed by atoms with Crippen LogP contribution in [-0.2, 0) is 4.74 Å². The Morgan fingerprint density at radius 3 is 1.68 bits per heavy atom. The van der Waals surface area contributed by atoms with Gasteiger partial charge in [-0.05, 0) is 30.7 Å². The number of benzene rings is 1. The number of anilines is 1. The average molecular weight is 526 g/mol. The second kappa shape index (κ2) is 21.2. The molecular formula is C29H51NO7. The Labute approximate surface area is 223 Å². The van der Waals surface area contributed by atoms with Gasteiger partial charge in [0.15, 0.2) is 0 Å². The van der Waals surface area contributed by atoms with Crippen LogP contribution in [0.15, 0.2) is 24.3 Å². The van der Waals surface area contributed by atoms with Gasteiger partial charge in [0.1, 0.15) is 31.0 Å². The van der Waals surface area contributed by atoms with E-state index in [-0.39, 0.29) is 0 Å². The minimum atomic E-state index is -1.77. The highest BCUT2D eigenvalue weighted by molar-refractivity contribution is 5.89. The topological polar surface area (TPSA) is 139 Å². The number of hydrogen-bond acceptors (Lipinski definition) is 8. The fourth-order valence-electron chi connectivity index (χ4n) is 4.18. The van der Waals surface area contributed by atoms with Crippen molar-refractivity contribution in [2.45, 2.75) is 121 Å². The molecule has 4 unspecified atom stereocenters. The lowest BCUT2D eigenvalue weighted by atomic mass is 10.0. The lowest BCUT2D eigenvalue weighted by Crippen LogP contribution is -2.47. The summed E-state index contributed by atoms with van der Waals surface area (Å²) in [4.78, 5) is 12.2. The van der Waals surface area contributed by atoms with Gasteiger partial charge in [0.25, 0.3) is 0 Å². The summed E-state index contributed by atoms with van der Waals surface area (Å²) in [6.45, 7) is 1.79. The van der Waals surface area contributed by atoms with Gasteiger partial charge < -0.3 is 35.6 Å². The van der Waals surface area contributed by atoms with Crippen LogP contribution in [0.1, 0.15) is 107 Å². The maximum Gasteiger partial charge on any atom is 0.338 e. The Morgan fingerprint density at radius 2 is 1.19 bits per heavy atom. The van der Waals surface area contributed by atoms with Gasteiger partial charge in [0.05, 0.1) is 12.2 Å². The molecule has 0 bridgehead atoms. The zero-order chi connectivity index (χ0) is 27.3. The highest BCUT2D eigenvalue weighted by Crippen LogP contribution is 2.14. The molecule has 37 heavy (non-hydrogen) atoms. The molecule has 0 fully saturated rings. The first-order valence-corrected chi connectivity index (χ1v) is 14.2. The largest absolute Gasteiger partial charge is 0.459 e. The summed E-state index contributed by atoms with van der Waals surface area (Å²) < 4.78 is 4.98. The number of hydrogen-bond donors (Lipinski definition) is 6. The Bertz CT molecular complexity index is 685. The zero-order valence-corrected chi connectivity index (χ0v) is 22.7. The van der Waals surface area contributed by atoms with E-state index < -0.39 is 43.6 Å². The Balaban J connectivity index is 2.09. The third-order valence-corrected chi connectivity index (χ3v) is 6.69. The maximum absolute atomic E-state index is 12.2. The van der Waals surface area contributed by atoms with Gasteiger partial charge in [-0.1, -0.05) is 90.4 Å². The van der Waals surface area contributed by atoms with Gasteiger partial charge in [-0.2, -0.15) is 0 Å². The predicted octanol–water partition coefficient (Wildman–Crippen LogP) is 4.17. The molecule has 8 heteroatoms. The number of aliphatic hydroxyl groups excluding tert-OH is 5. The standard InChI is InChI=1S/C29H51NO7/c1-2-3-4-5-6-7-8-9-10-11-12-13-14-15-20-30-24-18-16-23(17-19-24)29(36)37-22-26(33)28(35)27(34)25(32)21-31/h16-19,25-28,30-35H,2-15,20-22H2,1H3. The molecule has 1 aromatic rings. The normalized spacial score (nSPS) is 14.6. The zero-order valence-electron chi connectivity index (χ0n) is 22.7. The van der Waals surface area contributed by atoms with Crippen molar-refractivity contribution in [1.29, 1.82) is 0 Å². The second-order valence-electron chi connectivity index (χ2n) is 10.00. The molecule has 0 saturated carbocycles. The number of unbranched alkanes of at least 4 members (excludes halogenated alkanes) is 13. The van der Waals surface area contributed by atoms with E-state index in [2.05, 4.69) is 12.2 Å². The van der Waals surface area contributed by atoms with E-state index in [1.807, 2.05) is 0 Å². The van der Waals surface area contributed by atoms with Gasteiger partial charge in [-0.25, -0.2) is 4.79 Å². The quantitative estimate of drug-likeness (QED) is 0.0924. The molecule has 0 amide bonds. The molecule has 0 aliphatic carbocycles. The number of aliphatic hydroxyl groups is 5. The molecule has 1 rings (SSSR count). The van der Waals surface area contributed by atoms with Crippen molar-refractivity contribution in [2.75, 3.05) is 25.1 Å². The third-order valence-electron chi connectivity index (χ3n) is 6.69. The van der Waals surface area contributed by atoms with Gasteiger partial charge >= 0.3 is 5.97 Å². The van der Waals surface area contributed by atoms with E-state index in [9.17, 15) is 25.2 Å². The molecule has 1 aromatic carbocycles. The smallest absolute Gasteiger partial charge is 0.338 e. The van der Waals surface area contributed by atoms with Gasteiger partial charge in [0, 0.05) is 12.2 Å². The van der Waals surface area contributed by atoms with E-state index in [0.29, 0.717) is 5.56 Å². The molecule has 4 atom stereocenters. The third kappa shape index (κ3) is 15.3. The molecule has 0 radical (unpaired) electrons. The summed E-state index contributed by atoms with van der Waals surface area (Å²) in [6.07, 6.45) is 11.9. The summed E-state index contributed by atoms with van der Waals surface area (Å²) in [5.74, 6) is -0.679. The van der Waals surface area contributed by atoms with Crippen molar-refractivity contribution in [3.8, 4) is 0 Å². The van der Waals surface area contributed by atoms with Crippen LogP contribution in [0.5, 0.6) is 0 Å². The van der Waals surface area contributed by atoms with Gasteiger partial charge in [-0.3, -0.25) is 0 Å². The van der Waals surface area contributed by atoms with E-state index in [0.717, 1.165) is 18.7 Å². The Kier molecular flexibility index (Phi) is 19.1. The van der Waals surface area contributed by atoms with Gasteiger partial charge in [-0.15, -0.1) is 0 Å². The number of carbonyl (C=O) groups is 1. The lowest BCUT2D eigenvalue weighted by Gasteiger charge is -2.25. The summed E-state index contributed by atoms with van der Waals surface area (Å²) in [5, 5.41) is 50.7. The van der Waals surface area contributed by atoms with Crippen LogP contribution in [0.25, 0.3) is 0 Å². The molecule has 0 spiro atoms. The van der Waals surface area contributed by atoms with Crippen molar-refractivity contribution in [3.63, 3.8) is 0 Å². The first-order valence-electron chi connectivity index (χ1n) is 14.2. The Hall–Kier alpha value is -1.71. The monoisotopic (exact) mass is 525 g/mol. The van der Waals surface area contributed by atoms with Crippen LogP contribution in [-0.4, -0.2) is 75.7 Å². The Morgan fingerprint density at radius 1 is 0.730 bits per heavy atom. The van der Waals surface area contributed by atoms with Crippen LogP contribution < -0.4 is 5.32 Å². The second-order valence-corrected chi connectivity index (χ2v) is 10.00. The highest BCUT2D eigenvalue weighted by Gasteiger charge is 2.30.